The first-order valence-electron chi connectivity index (χ1n) is 6.60. The lowest BCUT2D eigenvalue weighted by atomic mass is 10.0. The van der Waals surface area contributed by atoms with Crippen LogP contribution in [0.2, 0.25) is 18.1 Å². The molecule has 0 aromatic rings. The van der Waals surface area contributed by atoms with Crippen LogP contribution in [0.25, 0.3) is 10.4 Å². The number of rotatable bonds is 3. The molecule has 0 aromatic carbocycles. The maximum Gasteiger partial charge on any atom is 0.195 e. The lowest BCUT2D eigenvalue weighted by Crippen LogP contribution is -2.50. The van der Waals surface area contributed by atoms with Crippen LogP contribution < -0.4 is 0 Å². The third-order valence-electron chi connectivity index (χ3n) is 4.05. The first kappa shape index (κ1) is 17.0. The molecule has 0 aromatic heterocycles. The number of halogens is 1. The van der Waals surface area contributed by atoms with E-state index in [9.17, 15) is 0 Å². The highest BCUT2D eigenvalue weighted by atomic mass is 79.9. The van der Waals surface area contributed by atoms with Gasteiger partial charge < -0.3 is 9.16 Å². The molecule has 0 N–H and O–H groups in total. The second kappa shape index (κ2) is 6.14. The summed E-state index contributed by atoms with van der Waals surface area (Å²) in [6.07, 6.45) is 0.302. The topological polar surface area (TPSA) is 67.2 Å². The van der Waals surface area contributed by atoms with E-state index in [0.717, 1.165) is 0 Å². The summed E-state index contributed by atoms with van der Waals surface area (Å²) in [6, 6.07) is -0.122. The number of ether oxygens (including phenoxy) is 1. The van der Waals surface area contributed by atoms with Crippen molar-refractivity contribution in [3.63, 3.8) is 0 Å². The first-order valence-corrected chi connectivity index (χ1v) is 10.4. The molecular weight excluding hydrogens is 326 g/mol. The molecule has 0 amide bonds. The van der Waals surface area contributed by atoms with Crippen LogP contribution >= 0.6 is 15.9 Å². The van der Waals surface area contributed by atoms with Gasteiger partial charge in [0.05, 0.1) is 12.1 Å². The number of hydrogen-bond donors (Lipinski definition) is 0. The Kier molecular flexibility index (Phi) is 5.49. The molecular formula is C12H24BrN3O2Si. The number of alkyl halides is 1. The van der Waals surface area contributed by atoms with Crippen molar-refractivity contribution < 1.29 is 9.16 Å². The van der Waals surface area contributed by atoms with Gasteiger partial charge in [0.15, 0.2) is 8.32 Å². The SMILES string of the molecule is CC1OC(O[Si](C)(C)C(C)(C)C)CC(N=[N+]=[N-])C1Br. The van der Waals surface area contributed by atoms with Crippen LogP contribution in [0.15, 0.2) is 5.11 Å². The normalized spacial score (nSPS) is 32.8. The van der Waals surface area contributed by atoms with Crippen LogP contribution in [0.1, 0.15) is 34.1 Å². The third-order valence-corrected chi connectivity index (χ3v) is 9.87. The lowest BCUT2D eigenvalue weighted by molar-refractivity contribution is -0.148. The Bertz CT molecular complexity index is 366. The largest absolute Gasteiger partial charge is 0.392 e. The summed E-state index contributed by atoms with van der Waals surface area (Å²) in [7, 11) is -1.87. The molecule has 19 heavy (non-hydrogen) atoms. The fraction of sp³-hybridized carbons (Fsp3) is 1.00. The minimum atomic E-state index is -1.87. The zero-order chi connectivity index (χ0) is 14.8. The fourth-order valence-corrected chi connectivity index (χ4v) is 3.38. The van der Waals surface area contributed by atoms with E-state index in [1.165, 1.54) is 0 Å². The second-order valence-corrected chi connectivity index (χ2v) is 12.4. The van der Waals surface area contributed by atoms with Crippen LogP contribution in [-0.4, -0.2) is 31.6 Å². The summed E-state index contributed by atoms with van der Waals surface area (Å²) >= 11 is 3.53. The van der Waals surface area contributed by atoms with E-state index in [2.05, 4.69) is 59.8 Å². The van der Waals surface area contributed by atoms with Gasteiger partial charge in [0, 0.05) is 16.2 Å². The Morgan fingerprint density at radius 2 is 2.00 bits per heavy atom. The molecule has 5 nitrogen and oxygen atoms in total. The molecule has 4 unspecified atom stereocenters. The standard InChI is InChI=1S/C12H24BrN3O2Si/c1-8-11(13)9(15-16-14)7-10(17-8)18-19(5,6)12(2,3)4/h8-11H,7H2,1-6H3. The molecule has 0 bridgehead atoms. The summed E-state index contributed by atoms with van der Waals surface area (Å²) < 4.78 is 12.1. The van der Waals surface area contributed by atoms with Crippen molar-refractivity contribution in [3.8, 4) is 0 Å². The van der Waals surface area contributed by atoms with Crippen LogP contribution in [0.3, 0.4) is 0 Å². The molecule has 110 valence electrons. The maximum atomic E-state index is 8.64. The predicted octanol–water partition coefficient (Wildman–Crippen LogP) is 4.59. The highest BCUT2D eigenvalue weighted by molar-refractivity contribution is 9.09. The highest BCUT2D eigenvalue weighted by Crippen LogP contribution is 2.39. The Morgan fingerprint density at radius 1 is 1.42 bits per heavy atom. The van der Waals surface area contributed by atoms with Crippen LogP contribution in [0.4, 0.5) is 0 Å². The summed E-state index contributed by atoms with van der Waals surface area (Å²) in [5.41, 5.74) is 8.64. The molecule has 1 aliphatic heterocycles. The molecule has 7 heteroatoms. The molecule has 0 radical (unpaired) electrons. The molecule has 1 rings (SSSR count). The van der Waals surface area contributed by atoms with Crippen molar-refractivity contribution in [2.45, 2.75) is 75.5 Å². The van der Waals surface area contributed by atoms with E-state index in [-0.39, 0.29) is 28.3 Å². The van der Waals surface area contributed by atoms with E-state index in [1.54, 1.807) is 0 Å². The van der Waals surface area contributed by atoms with Crippen molar-refractivity contribution >= 4 is 24.2 Å². The van der Waals surface area contributed by atoms with E-state index < -0.39 is 8.32 Å². The van der Waals surface area contributed by atoms with Gasteiger partial charge in [-0.15, -0.1) is 0 Å². The summed E-state index contributed by atoms with van der Waals surface area (Å²) in [5, 5.41) is 3.98. The number of nitrogens with zero attached hydrogens (tertiary/aromatic N) is 3. The smallest absolute Gasteiger partial charge is 0.195 e. The Balaban J connectivity index is 2.78. The van der Waals surface area contributed by atoms with Crippen LogP contribution in [-0.2, 0) is 9.16 Å². The monoisotopic (exact) mass is 349 g/mol. The Morgan fingerprint density at radius 3 is 2.47 bits per heavy atom. The van der Waals surface area contributed by atoms with Crippen molar-refractivity contribution in [3.05, 3.63) is 10.4 Å². The van der Waals surface area contributed by atoms with Gasteiger partial charge in [-0.1, -0.05) is 41.8 Å². The Labute approximate surface area is 124 Å². The minimum absolute atomic E-state index is 0.0287. The van der Waals surface area contributed by atoms with Gasteiger partial charge in [0.1, 0.15) is 6.29 Å². The molecule has 1 fully saturated rings. The maximum absolute atomic E-state index is 8.64. The van der Waals surface area contributed by atoms with Crippen LogP contribution in [0, 0.1) is 0 Å². The average molecular weight is 350 g/mol. The van der Waals surface area contributed by atoms with E-state index in [1.807, 2.05) is 6.92 Å². The van der Waals surface area contributed by atoms with Gasteiger partial charge in [-0.05, 0) is 30.6 Å². The zero-order valence-corrected chi connectivity index (χ0v) is 15.1. The lowest BCUT2D eigenvalue weighted by Gasteiger charge is -2.43. The fourth-order valence-electron chi connectivity index (χ4n) is 1.77. The molecule has 1 saturated heterocycles. The van der Waals surface area contributed by atoms with E-state index >= 15 is 0 Å². The Hall–Kier alpha value is -0.0731. The van der Waals surface area contributed by atoms with Gasteiger partial charge >= 0.3 is 0 Å². The number of hydrogen-bond acceptors (Lipinski definition) is 3. The quantitative estimate of drug-likeness (QED) is 0.246. The van der Waals surface area contributed by atoms with Crippen molar-refractivity contribution in [2.75, 3.05) is 0 Å². The molecule has 1 aliphatic rings. The molecule has 0 saturated carbocycles. The molecule has 1 heterocycles. The van der Waals surface area contributed by atoms with E-state index in [4.69, 9.17) is 14.7 Å². The minimum Gasteiger partial charge on any atom is -0.392 e. The third kappa shape index (κ3) is 4.19. The van der Waals surface area contributed by atoms with Gasteiger partial charge in [0.25, 0.3) is 0 Å². The van der Waals surface area contributed by atoms with Crippen LogP contribution in [0.5, 0.6) is 0 Å². The summed E-state index contributed by atoms with van der Waals surface area (Å²) in [6.45, 7) is 13.0. The predicted molar refractivity (Wildman–Crippen MR) is 82.9 cm³/mol. The van der Waals surface area contributed by atoms with Gasteiger partial charge in [-0.2, -0.15) is 0 Å². The van der Waals surface area contributed by atoms with Gasteiger partial charge in [-0.25, -0.2) is 0 Å². The number of azide groups is 1. The zero-order valence-electron chi connectivity index (χ0n) is 12.6. The summed E-state index contributed by atoms with van der Waals surface area (Å²) in [5.74, 6) is 0. The van der Waals surface area contributed by atoms with Gasteiger partial charge in [0.2, 0.25) is 0 Å². The molecule has 0 spiro atoms. The first-order chi connectivity index (χ1) is 8.58. The van der Waals surface area contributed by atoms with Crippen molar-refractivity contribution in [1.29, 1.82) is 0 Å². The van der Waals surface area contributed by atoms with Crippen molar-refractivity contribution in [2.24, 2.45) is 5.11 Å². The molecule has 0 aliphatic carbocycles. The van der Waals surface area contributed by atoms with E-state index in [0.29, 0.717) is 6.42 Å². The second-order valence-electron chi connectivity index (χ2n) is 6.60. The van der Waals surface area contributed by atoms with Gasteiger partial charge in [-0.3, -0.25) is 0 Å². The average Bonchev–Trinajstić information content (AvgIpc) is 2.23. The highest BCUT2D eigenvalue weighted by Gasteiger charge is 2.43. The van der Waals surface area contributed by atoms with Crippen molar-refractivity contribution in [1.82, 2.24) is 0 Å². The summed E-state index contributed by atoms with van der Waals surface area (Å²) in [4.78, 5) is 2.96. The molecule has 4 atom stereocenters.